The van der Waals surface area contributed by atoms with Gasteiger partial charge in [0, 0.05) is 70.5 Å². The van der Waals surface area contributed by atoms with Crippen molar-refractivity contribution < 1.29 is 9.59 Å². The van der Waals surface area contributed by atoms with Crippen molar-refractivity contribution in [2.45, 2.75) is 26.4 Å². The predicted octanol–water partition coefficient (Wildman–Crippen LogP) is 4.28. The van der Waals surface area contributed by atoms with Gasteiger partial charge in [-0.05, 0) is 42.3 Å². The van der Waals surface area contributed by atoms with Gasteiger partial charge in [0.15, 0.2) is 0 Å². The van der Waals surface area contributed by atoms with Crippen LogP contribution in [-0.2, 0) is 17.9 Å². The topological polar surface area (TPSA) is 74.1 Å². The fourth-order valence-electron chi connectivity index (χ4n) is 4.75. The lowest BCUT2D eigenvalue weighted by molar-refractivity contribution is -0.116. The fourth-order valence-corrected chi connectivity index (χ4v) is 4.92. The van der Waals surface area contributed by atoms with E-state index in [4.69, 9.17) is 11.6 Å². The van der Waals surface area contributed by atoms with Crippen molar-refractivity contribution >= 4 is 34.7 Å². The lowest BCUT2D eigenvalue weighted by Crippen LogP contribution is -2.38. The summed E-state index contributed by atoms with van der Waals surface area (Å²) in [7, 11) is 0. The molecule has 0 radical (unpaired) electrons. The molecule has 37 heavy (non-hydrogen) atoms. The van der Waals surface area contributed by atoms with Gasteiger partial charge in [0.05, 0.1) is 10.7 Å². The van der Waals surface area contributed by atoms with E-state index in [-0.39, 0.29) is 11.8 Å². The number of benzene rings is 1. The first-order valence-electron chi connectivity index (χ1n) is 12.4. The van der Waals surface area contributed by atoms with Crippen LogP contribution in [0.1, 0.15) is 35.1 Å². The Bertz CT molecular complexity index is 1410. The summed E-state index contributed by atoms with van der Waals surface area (Å²) in [5, 5.41) is 0.572. The molecule has 3 aromatic heterocycles. The molecular weight excluding hydrogens is 488 g/mol. The number of pyridine rings is 2. The van der Waals surface area contributed by atoms with Gasteiger partial charge in [-0.2, -0.15) is 0 Å². The van der Waals surface area contributed by atoms with Crippen molar-refractivity contribution in [1.29, 1.82) is 0 Å². The first kappa shape index (κ1) is 24.9. The second-order valence-corrected chi connectivity index (χ2v) is 9.65. The summed E-state index contributed by atoms with van der Waals surface area (Å²) in [4.78, 5) is 41.4. The zero-order valence-electron chi connectivity index (χ0n) is 20.8. The van der Waals surface area contributed by atoms with Crippen molar-refractivity contribution in [2.75, 3.05) is 31.1 Å². The zero-order valence-corrected chi connectivity index (χ0v) is 21.5. The number of hydrogen-bond acceptors (Lipinski definition) is 5. The minimum absolute atomic E-state index is 0.0157. The summed E-state index contributed by atoms with van der Waals surface area (Å²) in [6, 6.07) is 17.3. The molecule has 9 heteroatoms. The number of carbonyl (C=O) groups excluding carboxylic acids is 2. The number of nitrogens with zero attached hydrogens (tertiary/aromatic N) is 6. The Morgan fingerprint density at radius 3 is 2.59 bits per heavy atom. The highest BCUT2D eigenvalue weighted by Crippen LogP contribution is 2.24. The van der Waals surface area contributed by atoms with Crippen molar-refractivity contribution in [3.8, 4) is 0 Å². The molecule has 8 nitrogen and oxygen atoms in total. The lowest BCUT2D eigenvalue weighted by atomic mass is 10.1. The number of para-hydroxylation sites is 1. The van der Waals surface area contributed by atoms with Crippen molar-refractivity contribution in [3.05, 3.63) is 95.2 Å². The van der Waals surface area contributed by atoms with Gasteiger partial charge in [-0.3, -0.25) is 19.5 Å². The first-order chi connectivity index (χ1) is 18.0. The summed E-state index contributed by atoms with van der Waals surface area (Å²) >= 11 is 6.14. The maximum Gasteiger partial charge on any atom is 0.274 e. The molecule has 5 rings (SSSR count). The van der Waals surface area contributed by atoms with Crippen LogP contribution in [0, 0.1) is 0 Å². The number of rotatable bonds is 3. The van der Waals surface area contributed by atoms with Crippen LogP contribution in [0.3, 0.4) is 0 Å². The minimum atomic E-state index is -0.166. The highest BCUT2D eigenvalue weighted by Gasteiger charge is 2.24. The van der Waals surface area contributed by atoms with E-state index < -0.39 is 0 Å². The Morgan fingerprint density at radius 1 is 0.946 bits per heavy atom. The van der Waals surface area contributed by atoms with Gasteiger partial charge in [-0.15, -0.1) is 0 Å². The number of imidazole rings is 1. The van der Waals surface area contributed by atoms with Crippen LogP contribution >= 0.6 is 11.6 Å². The van der Waals surface area contributed by atoms with E-state index in [1.807, 2.05) is 52.3 Å². The number of amides is 2. The normalized spacial score (nSPS) is 15.3. The van der Waals surface area contributed by atoms with E-state index in [0.717, 1.165) is 29.9 Å². The summed E-state index contributed by atoms with van der Waals surface area (Å²) in [6.45, 7) is 5.18. The minimum Gasteiger partial charge on any atom is -0.332 e. The smallest absolute Gasteiger partial charge is 0.274 e. The molecule has 0 aliphatic carbocycles. The van der Waals surface area contributed by atoms with Crippen LogP contribution in [0.25, 0.3) is 5.65 Å². The van der Waals surface area contributed by atoms with Gasteiger partial charge >= 0.3 is 0 Å². The second-order valence-electron chi connectivity index (χ2n) is 9.22. The average molecular weight is 517 g/mol. The van der Waals surface area contributed by atoms with E-state index in [1.165, 1.54) is 0 Å². The van der Waals surface area contributed by atoms with Gasteiger partial charge in [0.25, 0.3) is 5.91 Å². The molecule has 190 valence electrons. The van der Waals surface area contributed by atoms with Crippen LogP contribution < -0.4 is 4.90 Å². The van der Waals surface area contributed by atoms with Crippen molar-refractivity contribution in [2.24, 2.45) is 0 Å². The van der Waals surface area contributed by atoms with Gasteiger partial charge in [-0.25, -0.2) is 4.98 Å². The molecule has 0 spiro atoms. The molecule has 1 aliphatic heterocycles. The number of carbonyl (C=O) groups is 2. The molecule has 1 aromatic carbocycles. The molecular formula is C28H29ClN6O2. The second kappa shape index (κ2) is 11.1. The third kappa shape index (κ3) is 5.81. The Morgan fingerprint density at radius 2 is 1.78 bits per heavy atom. The maximum absolute atomic E-state index is 13.8. The number of fused-ring (bicyclic) bond motifs is 2. The SMILES string of the molecule is CC(=O)N1CCCN(Cc2ccccn2)CCN(C(=O)c2cn3cc(Cl)ccc3n2)Cc2ccccc21. The van der Waals surface area contributed by atoms with E-state index in [2.05, 4.69) is 14.9 Å². The van der Waals surface area contributed by atoms with Crippen LogP contribution in [0.4, 0.5) is 5.69 Å². The molecule has 0 saturated heterocycles. The van der Waals surface area contributed by atoms with Gasteiger partial charge in [0.2, 0.25) is 5.91 Å². The Labute approximate surface area is 221 Å². The number of aromatic nitrogens is 3. The van der Waals surface area contributed by atoms with Crippen molar-refractivity contribution in [1.82, 2.24) is 24.2 Å². The van der Waals surface area contributed by atoms with E-state index in [1.54, 1.807) is 42.0 Å². The fraction of sp³-hybridized carbons (Fsp3) is 0.286. The number of anilines is 1. The number of halogens is 1. The molecule has 0 atom stereocenters. The monoisotopic (exact) mass is 516 g/mol. The summed E-state index contributed by atoms with van der Waals surface area (Å²) in [5.74, 6) is -0.181. The molecule has 0 saturated carbocycles. The third-order valence-electron chi connectivity index (χ3n) is 6.60. The molecule has 0 unspecified atom stereocenters. The Kier molecular flexibility index (Phi) is 7.48. The largest absolute Gasteiger partial charge is 0.332 e. The Balaban J connectivity index is 1.48. The van der Waals surface area contributed by atoms with Crippen LogP contribution in [0.2, 0.25) is 5.02 Å². The zero-order chi connectivity index (χ0) is 25.8. The van der Waals surface area contributed by atoms with Gasteiger partial charge in [0.1, 0.15) is 11.3 Å². The number of hydrogen-bond donors (Lipinski definition) is 0. The third-order valence-corrected chi connectivity index (χ3v) is 6.82. The van der Waals surface area contributed by atoms with Gasteiger partial charge < -0.3 is 14.2 Å². The molecule has 2 amide bonds. The molecule has 1 aliphatic rings. The predicted molar refractivity (Wildman–Crippen MR) is 144 cm³/mol. The van der Waals surface area contributed by atoms with Crippen LogP contribution in [0.15, 0.2) is 73.2 Å². The molecule has 0 N–H and O–H groups in total. The standard InChI is InChI=1S/C28H29ClN6O2/c1-21(36)35-14-6-13-32(19-24-8-4-5-12-30-24)15-16-33(17-22-7-2-3-9-26(22)35)28(37)25-20-34-18-23(29)10-11-27(34)31-25/h2-5,7-12,18,20H,6,13-17,19H2,1H3. The van der Waals surface area contributed by atoms with Crippen LogP contribution in [-0.4, -0.2) is 62.2 Å². The summed E-state index contributed by atoms with van der Waals surface area (Å²) in [6.07, 6.45) is 6.05. The quantitative estimate of drug-likeness (QED) is 0.406. The summed E-state index contributed by atoms with van der Waals surface area (Å²) < 4.78 is 1.76. The molecule has 0 fully saturated rings. The average Bonchev–Trinajstić information content (AvgIpc) is 3.31. The molecule has 4 aromatic rings. The lowest BCUT2D eigenvalue weighted by Gasteiger charge is -2.27. The maximum atomic E-state index is 13.8. The van der Waals surface area contributed by atoms with E-state index in [9.17, 15) is 9.59 Å². The highest BCUT2D eigenvalue weighted by atomic mass is 35.5. The van der Waals surface area contributed by atoms with Crippen LogP contribution in [0.5, 0.6) is 0 Å². The van der Waals surface area contributed by atoms with E-state index in [0.29, 0.717) is 49.1 Å². The molecule has 0 bridgehead atoms. The highest BCUT2D eigenvalue weighted by molar-refractivity contribution is 6.30. The summed E-state index contributed by atoms with van der Waals surface area (Å²) in [5.41, 5.74) is 3.75. The Hall–Kier alpha value is -3.75. The first-order valence-corrected chi connectivity index (χ1v) is 12.8. The van der Waals surface area contributed by atoms with Crippen molar-refractivity contribution in [3.63, 3.8) is 0 Å². The molecule has 4 heterocycles. The van der Waals surface area contributed by atoms with Gasteiger partial charge in [-0.1, -0.05) is 35.9 Å². The van der Waals surface area contributed by atoms with E-state index >= 15 is 0 Å².